The fraction of sp³-hybridized carbons (Fsp3) is 0.385. The number of anilines is 1. The summed E-state index contributed by atoms with van der Waals surface area (Å²) in [4.78, 5) is 4.05. The van der Waals surface area contributed by atoms with E-state index < -0.39 is 9.84 Å². The number of halogens is 1. The molecule has 2 rings (SSSR count). The van der Waals surface area contributed by atoms with Gasteiger partial charge in [0.25, 0.3) is 0 Å². The highest BCUT2D eigenvalue weighted by Crippen LogP contribution is 2.26. The Morgan fingerprint density at radius 1 is 1.38 bits per heavy atom. The van der Waals surface area contributed by atoms with Crippen molar-refractivity contribution in [1.29, 1.82) is 0 Å². The molecular formula is C13H17ClN4O2S. The van der Waals surface area contributed by atoms with Gasteiger partial charge in [-0.15, -0.1) is 0 Å². The number of nitrogens with zero attached hydrogens (tertiary/aromatic N) is 3. The Kier molecular flexibility index (Phi) is 4.53. The van der Waals surface area contributed by atoms with E-state index in [1.54, 1.807) is 10.7 Å². The van der Waals surface area contributed by atoms with Gasteiger partial charge in [-0.1, -0.05) is 25.4 Å². The first-order chi connectivity index (χ1) is 9.79. The van der Waals surface area contributed by atoms with Crippen molar-refractivity contribution in [2.75, 3.05) is 5.73 Å². The number of rotatable bonds is 5. The van der Waals surface area contributed by atoms with E-state index in [1.807, 2.05) is 13.8 Å². The molecule has 0 saturated carbocycles. The minimum atomic E-state index is -3.63. The zero-order chi connectivity index (χ0) is 15.6. The van der Waals surface area contributed by atoms with Crippen molar-refractivity contribution in [2.24, 2.45) is 5.92 Å². The standard InChI is InChI=1S/C13H17ClN4O2S/c1-9(2)6-18-13(16-8-17-18)7-21(19,20)12-5-10(15)3-4-11(12)14/h3-5,8-9H,6-7,15H2,1-2H3. The molecule has 0 spiro atoms. The van der Waals surface area contributed by atoms with Crippen molar-refractivity contribution < 1.29 is 8.42 Å². The molecule has 21 heavy (non-hydrogen) atoms. The molecule has 2 aromatic rings. The fourth-order valence-electron chi connectivity index (χ4n) is 1.90. The predicted octanol–water partition coefficient (Wildman–Crippen LogP) is 2.14. The van der Waals surface area contributed by atoms with Crippen molar-refractivity contribution in [1.82, 2.24) is 14.8 Å². The van der Waals surface area contributed by atoms with Crippen molar-refractivity contribution in [2.45, 2.75) is 31.0 Å². The van der Waals surface area contributed by atoms with E-state index >= 15 is 0 Å². The average molecular weight is 329 g/mol. The Hall–Kier alpha value is -1.60. The van der Waals surface area contributed by atoms with Gasteiger partial charge in [0.2, 0.25) is 0 Å². The van der Waals surface area contributed by atoms with Crippen LogP contribution in [0.15, 0.2) is 29.4 Å². The van der Waals surface area contributed by atoms with E-state index in [0.29, 0.717) is 24.0 Å². The molecular weight excluding hydrogens is 312 g/mol. The lowest BCUT2D eigenvalue weighted by molar-refractivity contribution is 0.470. The second-order valence-corrected chi connectivity index (χ2v) is 7.57. The van der Waals surface area contributed by atoms with E-state index in [0.717, 1.165) is 0 Å². The number of benzene rings is 1. The summed E-state index contributed by atoms with van der Waals surface area (Å²) in [7, 11) is -3.63. The van der Waals surface area contributed by atoms with E-state index in [1.165, 1.54) is 18.5 Å². The Morgan fingerprint density at radius 2 is 2.10 bits per heavy atom. The molecule has 1 aromatic heterocycles. The molecule has 8 heteroatoms. The predicted molar refractivity (Wildman–Crippen MR) is 81.6 cm³/mol. The van der Waals surface area contributed by atoms with Gasteiger partial charge in [-0.3, -0.25) is 0 Å². The summed E-state index contributed by atoms with van der Waals surface area (Å²) in [6.07, 6.45) is 1.36. The number of hydrogen-bond donors (Lipinski definition) is 1. The van der Waals surface area contributed by atoms with Crippen LogP contribution in [0.4, 0.5) is 5.69 Å². The Balaban J connectivity index is 2.34. The summed E-state index contributed by atoms with van der Waals surface area (Å²) in [5.74, 6) is 0.467. The van der Waals surface area contributed by atoms with Gasteiger partial charge in [0.15, 0.2) is 9.84 Å². The third-order valence-corrected chi connectivity index (χ3v) is 4.93. The number of hydrogen-bond acceptors (Lipinski definition) is 5. The third kappa shape index (κ3) is 3.74. The molecule has 1 aromatic carbocycles. The molecule has 0 aliphatic rings. The zero-order valence-corrected chi connectivity index (χ0v) is 13.4. The third-order valence-electron chi connectivity index (χ3n) is 2.84. The minimum absolute atomic E-state index is 0.0169. The van der Waals surface area contributed by atoms with Crippen LogP contribution in [0.3, 0.4) is 0 Å². The van der Waals surface area contributed by atoms with Gasteiger partial charge < -0.3 is 5.73 Å². The number of sulfone groups is 1. The number of aromatic nitrogens is 3. The van der Waals surface area contributed by atoms with E-state index in [-0.39, 0.29) is 15.7 Å². The van der Waals surface area contributed by atoms with Crippen LogP contribution in [0.25, 0.3) is 0 Å². The van der Waals surface area contributed by atoms with Crippen molar-refractivity contribution in [3.63, 3.8) is 0 Å². The molecule has 0 fully saturated rings. The van der Waals surface area contributed by atoms with Gasteiger partial charge in [-0.2, -0.15) is 5.10 Å². The molecule has 0 saturated heterocycles. The van der Waals surface area contributed by atoms with Crippen LogP contribution in [-0.2, 0) is 22.1 Å². The van der Waals surface area contributed by atoms with Gasteiger partial charge in [0.05, 0.1) is 9.92 Å². The summed E-state index contributed by atoms with van der Waals surface area (Å²) in [5.41, 5.74) is 5.99. The van der Waals surface area contributed by atoms with E-state index in [4.69, 9.17) is 17.3 Å². The maximum atomic E-state index is 12.5. The van der Waals surface area contributed by atoms with Gasteiger partial charge in [-0.25, -0.2) is 18.1 Å². The first-order valence-corrected chi connectivity index (χ1v) is 8.47. The summed E-state index contributed by atoms with van der Waals surface area (Å²) in [5, 5.41) is 4.21. The van der Waals surface area contributed by atoms with E-state index in [2.05, 4.69) is 10.1 Å². The lowest BCUT2D eigenvalue weighted by Crippen LogP contribution is -2.15. The van der Waals surface area contributed by atoms with Gasteiger partial charge in [0, 0.05) is 12.2 Å². The topological polar surface area (TPSA) is 90.9 Å². The molecule has 2 N–H and O–H groups in total. The second-order valence-electron chi connectivity index (χ2n) is 5.20. The van der Waals surface area contributed by atoms with Crippen LogP contribution in [0, 0.1) is 5.92 Å². The van der Waals surface area contributed by atoms with Gasteiger partial charge >= 0.3 is 0 Å². The van der Waals surface area contributed by atoms with Crippen LogP contribution in [0.2, 0.25) is 5.02 Å². The average Bonchev–Trinajstić information content (AvgIpc) is 2.78. The molecule has 0 amide bonds. The highest BCUT2D eigenvalue weighted by molar-refractivity contribution is 7.90. The molecule has 0 atom stereocenters. The molecule has 114 valence electrons. The highest BCUT2D eigenvalue weighted by Gasteiger charge is 2.22. The Bertz CT molecular complexity index is 740. The molecule has 0 bridgehead atoms. The number of nitrogens with two attached hydrogens (primary N) is 1. The maximum Gasteiger partial charge on any atom is 0.187 e. The lowest BCUT2D eigenvalue weighted by atomic mass is 10.2. The monoisotopic (exact) mass is 328 g/mol. The Morgan fingerprint density at radius 3 is 2.76 bits per heavy atom. The summed E-state index contributed by atoms with van der Waals surface area (Å²) >= 11 is 5.97. The molecule has 0 unspecified atom stereocenters. The number of nitrogen functional groups attached to an aromatic ring is 1. The second kappa shape index (κ2) is 6.03. The van der Waals surface area contributed by atoms with E-state index in [9.17, 15) is 8.42 Å². The van der Waals surface area contributed by atoms with Crippen LogP contribution in [0.1, 0.15) is 19.7 Å². The lowest BCUT2D eigenvalue weighted by Gasteiger charge is -2.10. The highest BCUT2D eigenvalue weighted by atomic mass is 35.5. The van der Waals surface area contributed by atoms with Crippen molar-refractivity contribution in [3.8, 4) is 0 Å². The van der Waals surface area contributed by atoms with Gasteiger partial charge in [-0.05, 0) is 24.1 Å². The fourth-order valence-corrected chi connectivity index (χ4v) is 3.77. The summed E-state index contributed by atoms with van der Waals surface area (Å²) in [6.45, 7) is 4.65. The van der Waals surface area contributed by atoms with Crippen LogP contribution in [0.5, 0.6) is 0 Å². The van der Waals surface area contributed by atoms with Gasteiger partial charge in [0.1, 0.15) is 17.9 Å². The van der Waals surface area contributed by atoms with Crippen LogP contribution < -0.4 is 5.73 Å². The summed E-state index contributed by atoms with van der Waals surface area (Å²) in [6, 6.07) is 4.39. The molecule has 0 radical (unpaired) electrons. The molecule has 1 heterocycles. The molecule has 6 nitrogen and oxygen atoms in total. The first kappa shape index (κ1) is 15.8. The summed E-state index contributed by atoms with van der Waals surface area (Å²) < 4.78 is 26.6. The smallest absolute Gasteiger partial charge is 0.187 e. The van der Waals surface area contributed by atoms with Crippen molar-refractivity contribution >= 4 is 27.1 Å². The van der Waals surface area contributed by atoms with Crippen LogP contribution >= 0.6 is 11.6 Å². The first-order valence-electron chi connectivity index (χ1n) is 6.44. The quantitative estimate of drug-likeness (QED) is 0.849. The van der Waals surface area contributed by atoms with Crippen molar-refractivity contribution in [3.05, 3.63) is 35.4 Å². The van der Waals surface area contributed by atoms with Crippen LogP contribution in [-0.4, -0.2) is 23.2 Å². The SMILES string of the molecule is CC(C)Cn1ncnc1CS(=O)(=O)c1cc(N)ccc1Cl. The molecule has 0 aliphatic heterocycles. The maximum absolute atomic E-state index is 12.5. The molecule has 0 aliphatic carbocycles. The minimum Gasteiger partial charge on any atom is -0.399 e. The normalized spacial score (nSPS) is 12.0. The zero-order valence-electron chi connectivity index (χ0n) is 11.8. The largest absolute Gasteiger partial charge is 0.399 e. The Labute approximate surface area is 128 Å².